The molecule has 3 aliphatic rings. The number of primary amides is 1. The second-order valence-electron chi connectivity index (χ2n) is 11.7. The maximum absolute atomic E-state index is 14.1. The van der Waals surface area contributed by atoms with Crippen molar-refractivity contribution in [3.05, 3.63) is 50.7 Å². The Hall–Kier alpha value is -4.47. The van der Waals surface area contributed by atoms with Crippen LogP contribution in [0, 0.1) is 11.8 Å². The Morgan fingerprint density at radius 1 is 1.20 bits per heavy atom. The topological polar surface area (TPSA) is 216 Å². The van der Waals surface area contributed by atoms with Gasteiger partial charge in [0.05, 0.1) is 18.2 Å². The lowest BCUT2D eigenvalue weighted by Gasteiger charge is -2.50. The summed E-state index contributed by atoms with van der Waals surface area (Å²) in [6.45, 7) is 1.91. The molecule has 0 radical (unpaired) electrons. The van der Waals surface area contributed by atoms with Crippen molar-refractivity contribution in [2.75, 3.05) is 45.0 Å². The van der Waals surface area contributed by atoms with Crippen LogP contribution in [-0.2, 0) is 32.1 Å². The standard InChI is InChI=1S/C30H35N5O9S.CH4/c1-6-44-28(42)16-11-45-29(33-16)32-10-13-9-17(34(2)3)14-7-12-8-15-21(35(4)5)24(38)20(27(31)41)26(40)30(15,43)25(39)18(12)23(37)19(14)22(13)36;/h9,11-12,15,21,36-37,40,43H,6-8,10H2,1-5H3,(H2,31,41)(H,32,33);1H4/t12?,15-,21?,30-;/m0./s1. The number of benzene rings is 1. The maximum atomic E-state index is 14.1. The molecule has 2 aromatic rings. The Morgan fingerprint density at radius 2 is 1.87 bits per heavy atom. The number of phenols is 1. The highest BCUT2D eigenvalue weighted by Crippen LogP contribution is 2.54. The number of hydrogen-bond acceptors (Lipinski definition) is 14. The molecular formula is C31H39N5O9S. The van der Waals surface area contributed by atoms with Gasteiger partial charge in [0, 0.05) is 48.8 Å². The van der Waals surface area contributed by atoms with Gasteiger partial charge in [-0.2, -0.15) is 0 Å². The van der Waals surface area contributed by atoms with Gasteiger partial charge in [-0.25, -0.2) is 9.78 Å². The number of nitrogens with two attached hydrogens (primary N) is 1. The molecule has 1 amide bonds. The molecular weight excluding hydrogens is 618 g/mol. The molecule has 5 rings (SSSR count). The van der Waals surface area contributed by atoms with Crippen molar-refractivity contribution in [2.45, 2.75) is 45.4 Å². The first-order chi connectivity index (χ1) is 21.1. The fourth-order valence-corrected chi connectivity index (χ4v) is 7.38. The van der Waals surface area contributed by atoms with E-state index in [1.165, 1.54) is 10.3 Å². The molecule has 46 heavy (non-hydrogen) atoms. The molecule has 3 aliphatic carbocycles. The molecule has 4 atom stereocenters. The highest BCUT2D eigenvalue weighted by Gasteiger charge is 2.64. The average Bonchev–Trinajstić information content (AvgIpc) is 3.43. The van der Waals surface area contributed by atoms with E-state index in [-0.39, 0.29) is 56.0 Å². The summed E-state index contributed by atoms with van der Waals surface area (Å²) in [5.41, 5.74) is 3.23. The number of fused-ring (bicyclic) bond motifs is 3. The lowest BCUT2D eigenvalue weighted by Crippen LogP contribution is -2.65. The molecule has 1 aromatic carbocycles. The number of ketones is 2. The van der Waals surface area contributed by atoms with Gasteiger partial charge in [0.15, 0.2) is 22.2 Å². The number of carbonyl (C=O) groups is 4. The third-order valence-corrected chi connectivity index (χ3v) is 9.48. The number of aliphatic hydroxyl groups is 3. The summed E-state index contributed by atoms with van der Waals surface area (Å²) in [5, 5.41) is 50.9. The predicted molar refractivity (Wildman–Crippen MR) is 171 cm³/mol. The Kier molecular flexibility index (Phi) is 9.26. The van der Waals surface area contributed by atoms with Crippen molar-refractivity contribution >= 4 is 51.4 Å². The summed E-state index contributed by atoms with van der Waals surface area (Å²) in [4.78, 5) is 59.1. The van der Waals surface area contributed by atoms with Crippen molar-refractivity contribution in [3.63, 3.8) is 0 Å². The number of thiazole rings is 1. The number of rotatable bonds is 8. The molecule has 248 valence electrons. The molecule has 1 aromatic heterocycles. The van der Waals surface area contributed by atoms with Gasteiger partial charge in [-0.1, -0.05) is 7.43 Å². The average molecular weight is 658 g/mol. The van der Waals surface area contributed by atoms with E-state index in [4.69, 9.17) is 10.5 Å². The molecule has 1 saturated carbocycles. The van der Waals surface area contributed by atoms with Crippen LogP contribution in [0.1, 0.15) is 48.0 Å². The predicted octanol–water partition coefficient (Wildman–Crippen LogP) is 1.91. The summed E-state index contributed by atoms with van der Waals surface area (Å²) in [6.07, 6.45) is 0.161. The molecule has 7 N–H and O–H groups in total. The molecule has 14 nitrogen and oxygen atoms in total. The number of aromatic nitrogens is 1. The Bertz CT molecular complexity index is 1690. The number of anilines is 2. The fraction of sp³-hybridized carbons (Fsp3) is 0.452. The van der Waals surface area contributed by atoms with Crippen LogP contribution < -0.4 is 16.0 Å². The van der Waals surface area contributed by atoms with Crippen molar-refractivity contribution in [2.24, 2.45) is 17.6 Å². The minimum absolute atomic E-state index is 0. The third kappa shape index (κ3) is 5.17. The zero-order chi connectivity index (χ0) is 33.1. The van der Waals surface area contributed by atoms with Crippen molar-refractivity contribution in [1.82, 2.24) is 9.88 Å². The van der Waals surface area contributed by atoms with Gasteiger partial charge in [-0.3, -0.25) is 19.3 Å². The number of hydrogen-bond donors (Lipinski definition) is 6. The molecule has 15 heteroatoms. The highest BCUT2D eigenvalue weighted by atomic mass is 32.1. The van der Waals surface area contributed by atoms with Crippen molar-refractivity contribution in [1.29, 1.82) is 0 Å². The van der Waals surface area contributed by atoms with E-state index in [9.17, 15) is 39.6 Å². The molecule has 1 fully saturated rings. The quantitative estimate of drug-likeness (QED) is 0.177. The number of Topliss-reactive ketones (excluding diaryl/α,β-unsaturated/α-hetero) is 2. The highest BCUT2D eigenvalue weighted by molar-refractivity contribution is 7.13. The molecule has 1 heterocycles. The Morgan fingerprint density at radius 3 is 2.46 bits per heavy atom. The fourth-order valence-electron chi connectivity index (χ4n) is 6.70. The van der Waals surface area contributed by atoms with Gasteiger partial charge in [0.25, 0.3) is 5.91 Å². The molecule has 2 unspecified atom stereocenters. The van der Waals surface area contributed by atoms with E-state index in [1.807, 2.05) is 0 Å². The molecule has 0 spiro atoms. The van der Waals surface area contributed by atoms with E-state index < -0.39 is 64.0 Å². The Balaban J connectivity index is 0.00000480. The number of likely N-dealkylation sites (N-methyl/N-ethyl adjacent to an activating group) is 1. The van der Waals surface area contributed by atoms with Gasteiger partial charge in [0.1, 0.15) is 22.8 Å². The summed E-state index contributed by atoms with van der Waals surface area (Å²) >= 11 is 1.16. The van der Waals surface area contributed by atoms with Crippen LogP contribution in [0.4, 0.5) is 10.8 Å². The number of nitrogens with one attached hydrogen (secondary N) is 1. The largest absolute Gasteiger partial charge is 0.508 e. The van der Waals surface area contributed by atoms with E-state index in [1.54, 1.807) is 46.1 Å². The number of aliphatic hydroxyl groups excluding tert-OH is 2. The first-order valence-corrected chi connectivity index (χ1v) is 15.1. The molecule has 0 aliphatic heterocycles. The summed E-state index contributed by atoms with van der Waals surface area (Å²) in [5.74, 6) is -7.63. The lowest BCUT2D eigenvalue weighted by molar-refractivity contribution is -0.153. The summed E-state index contributed by atoms with van der Waals surface area (Å²) in [6, 6.07) is 0.577. The van der Waals surface area contributed by atoms with Gasteiger partial charge < -0.3 is 41.1 Å². The molecule has 0 bridgehead atoms. The number of phenolic OH excluding ortho intramolecular Hbond substituents is 1. The number of amides is 1. The monoisotopic (exact) mass is 657 g/mol. The second-order valence-corrected chi connectivity index (χ2v) is 12.6. The Labute approximate surface area is 269 Å². The minimum atomic E-state index is -2.72. The SMILES string of the molecule is C.CCOC(=O)c1csc(NCc2cc(N(C)C)c3c(c2O)C(O)=C2C(=O)[C@]4(O)C(O)=C(C(N)=O)C(=O)C(N(C)C)[C@@H]4CC2C3)n1. The number of ether oxygens (including phenoxy) is 1. The van der Waals surface area contributed by atoms with Gasteiger partial charge in [0.2, 0.25) is 5.78 Å². The van der Waals surface area contributed by atoms with E-state index in [0.717, 1.165) is 11.3 Å². The van der Waals surface area contributed by atoms with Crippen LogP contribution in [0.25, 0.3) is 5.76 Å². The van der Waals surface area contributed by atoms with E-state index in [2.05, 4.69) is 10.3 Å². The van der Waals surface area contributed by atoms with Gasteiger partial charge >= 0.3 is 5.97 Å². The van der Waals surface area contributed by atoms with Crippen molar-refractivity contribution < 1.29 is 44.3 Å². The maximum Gasteiger partial charge on any atom is 0.357 e. The third-order valence-electron chi connectivity index (χ3n) is 8.68. The van der Waals surface area contributed by atoms with Crippen LogP contribution in [0.2, 0.25) is 0 Å². The smallest absolute Gasteiger partial charge is 0.357 e. The second kappa shape index (κ2) is 12.4. The lowest BCUT2D eigenvalue weighted by atomic mass is 9.57. The number of nitrogens with zero attached hydrogens (tertiary/aromatic N) is 3. The first kappa shape index (κ1) is 34.4. The molecule has 0 saturated heterocycles. The van der Waals surface area contributed by atoms with Gasteiger partial charge in [-0.15, -0.1) is 11.3 Å². The van der Waals surface area contributed by atoms with Crippen LogP contribution in [-0.4, -0.2) is 100 Å². The van der Waals surface area contributed by atoms with Crippen LogP contribution >= 0.6 is 11.3 Å². The van der Waals surface area contributed by atoms with Crippen LogP contribution in [0.15, 0.2) is 28.4 Å². The zero-order valence-electron chi connectivity index (χ0n) is 25.4. The summed E-state index contributed by atoms with van der Waals surface area (Å²) in [7, 11) is 6.67. The van der Waals surface area contributed by atoms with E-state index >= 15 is 0 Å². The minimum Gasteiger partial charge on any atom is -0.508 e. The summed E-state index contributed by atoms with van der Waals surface area (Å²) < 4.78 is 4.97. The first-order valence-electron chi connectivity index (χ1n) is 14.2. The van der Waals surface area contributed by atoms with Crippen molar-refractivity contribution in [3.8, 4) is 5.75 Å². The van der Waals surface area contributed by atoms with Gasteiger partial charge in [-0.05, 0) is 51.4 Å². The number of esters is 1. The normalized spacial score (nSPS) is 23.8. The van der Waals surface area contributed by atoms with Crippen LogP contribution in [0.5, 0.6) is 5.75 Å². The number of carbonyl (C=O) groups excluding carboxylic acids is 4. The van der Waals surface area contributed by atoms with Crippen LogP contribution in [0.3, 0.4) is 0 Å². The zero-order valence-corrected chi connectivity index (χ0v) is 26.2. The number of aromatic hydroxyl groups is 1. The van der Waals surface area contributed by atoms with E-state index in [0.29, 0.717) is 21.9 Å².